The molecule has 1 unspecified atom stereocenters. The van der Waals surface area contributed by atoms with Gasteiger partial charge in [-0.25, -0.2) is 17.8 Å². The summed E-state index contributed by atoms with van der Waals surface area (Å²) in [5.74, 6) is -0.847. The third-order valence-corrected chi connectivity index (χ3v) is 8.11. The number of hydrogen-bond acceptors (Lipinski definition) is 6. The van der Waals surface area contributed by atoms with Gasteiger partial charge in [0.25, 0.3) is 10.0 Å². The minimum Gasteiger partial charge on any atom is -0.379 e. The van der Waals surface area contributed by atoms with Crippen LogP contribution in [0.2, 0.25) is 5.02 Å². The van der Waals surface area contributed by atoms with Crippen molar-refractivity contribution >= 4 is 43.8 Å². The Morgan fingerprint density at radius 1 is 1.10 bits per heavy atom. The van der Waals surface area contributed by atoms with E-state index in [0.29, 0.717) is 17.8 Å². The SMILES string of the molecule is O=S(=O)(Nc1nccs1)c1cc(Cl)c(NC2CCCC[C@@H]2NC2CCC2)cc1F. The van der Waals surface area contributed by atoms with Crippen LogP contribution >= 0.6 is 22.9 Å². The van der Waals surface area contributed by atoms with Gasteiger partial charge in [0, 0.05) is 29.7 Å². The number of anilines is 2. The highest BCUT2D eigenvalue weighted by Crippen LogP contribution is 2.32. The van der Waals surface area contributed by atoms with E-state index >= 15 is 0 Å². The van der Waals surface area contributed by atoms with Crippen LogP contribution in [0.25, 0.3) is 0 Å². The Bertz CT molecular complexity index is 951. The van der Waals surface area contributed by atoms with Gasteiger partial charge in [0.2, 0.25) is 0 Å². The van der Waals surface area contributed by atoms with Gasteiger partial charge in [0.15, 0.2) is 5.13 Å². The molecule has 0 radical (unpaired) electrons. The van der Waals surface area contributed by atoms with Crippen molar-refractivity contribution in [2.45, 2.75) is 68.0 Å². The molecule has 0 amide bonds. The predicted molar refractivity (Wildman–Crippen MR) is 115 cm³/mol. The number of benzene rings is 1. The lowest BCUT2D eigenvalue weighted by Gasteiger charge is -2.39. The van der Waals surface area contributed by atoms with Crippen LogP contribution < -0.4 is 15.4 Å². The molecular weight excluding hydrogens is 435 g/mol. The van der Waals surface area contributed by atoms with Crippen molar-refractivity contribution in [1.82, 2.24) is 10.3 Å². The molecule has 0 spiro atoms. The maximum Gasteiger partial charge on any atom is 0.266 e. The van der Waals surface area contributed by atoms with Crippen LogP contribution in [-0.2, 0) is 10.0 Å². The van der Waals surface area contributed by atoms with Crippen molar-refractivity contribution in [3.05, 3.63) is 34.5 Å². The molecule has 2 aromatic rings. The van der Waals surface area contributed by atoms with Crippen molar-refractivity contribution in [2.75, 3.05) is 10.0 Å². The molecule has 2 aliphatic carbocycles. The van der Waals surface area contributed by atoms with E-state index in [1.165, 1.54) is 37.9 Å². The highest BCUT2D eigenvalue weighted by molar-refractivity contribution is 7.93. The summed E-state index contributed by atoms with van der Waals surface area (Å²) in [5, 5.41) is 9.05. The first-order valence-corrected chi connectivity index (χ1v) is 12.6. The first-order valence-electron chi connectivity index (χ1n) is 9.86. The summed E-state index contributed by atoms with van der Waals surface area (Å²) in [6.45, 7) is 0. The lowest BCUT2D eigenvalue weighted by atomic mass is 9.86. The molecule has 3 N–H and O–H groups in total. The minimum atomic E-state index is -4.11. The summed E-state index contributed by atoms with van der Waals surface area (Å²) >= 11 is 7.46. The highest BCUT2D eigenvalue weighted by Gasteiger charge is 2.30. The number of nitrogens with zero attached hydrogens (tertiary/aromatic N) is 1. The van der Waals surface area contributed by atoms with E-state index in [2.05, 4.69) is 20.3 Å². The van der Waals surface area contributed by atoms with Crippen LogP contribution in [0.4, 0.5) is 15.2 Å². The number of nitrogens with one attached hydrogen (secondary N) is 3. The fourth-order valence-electron chi connectivity index (χ4n) is 3.87. The Balaban J connectivity index is 1.51. The first kappa shape index (κ1) is 20.8. The molecule has 2 fully saturated rings. The molecule has 1 aromatic heterocycles. The number of sulfonamides is 1. The van der Waals surface area contributed by atoms with Gasteiger partial charge in [-0.3, -0.25) is 4.72 Å². The third-order valence-electron chi connectivity index (χ3n) is 5.63. The van der Waals surface area contributed by atoms with Gasteiger partial charge in [0.1, 0.15) is 10.7 Å². The van der Waals surface area contributed by atoms with Gasteiger partial charge >= 0.3 is 0 Å². The molecule has 0 saturated heterocycles. The van der Waals surface area contributed by atoms with Gasteiger partial charge in [-0.1, -0.05) is 30.9 Å². The number of halogens is 2. The van der Waals surface area contributed by atoms with Crippen molar-refractivity contribution in [3.63, 3.8) is 0 Å². The molecular formula is C19H24ClFN4O2S2. The van der Waals surface area contributed by atoms with E-state index in [9.17, 15) is 12.8 Å². The lowest BCUT2D eigenvalue weighted by Crippen LogP contribution is -2.51. The monoisotopic (exact) mass is 458 g/mol. The molecule has 4 rings (SSSR count). The molecule has 0 bridgehead atoms. The third kappa shape index (κ3) is 4.84. The van der Waals surface area contributed by atoms with Crippen molar-refractivity contribution < 1.29 is 12.8 Å². The van der Waals surface area contributed by atoms with Gasteiger partial charge in [-0.05, 0) is 37.8 Å². The predicted octanol–water partition coefficient (Wildman–Crippen LogP) is 4.60. The maximum atomic E-state index is 14.7. The fourth-order valence-corrected chi connectivity index (χ4v) is 6.03. The van der Waals surface area contributed by atoms with Crippen molar-refractivity contribution in [3.8, 4) is 0 Å². The maximum absolute atomic E-state index is 14.7. The zero-order valence-corrected chi connectivity index (χ0v) is 18.2. The Hall–Kier alpha value is -1.42. The molecule has 29 heavy (non-hydrogen) atoms. The van der Waals surface area contributed by atoms with E-state index < -0.39 is 20.7 Å². The number of thiazole rings is 1. The molecule has 10 heteroatoms. The standard InChI is InChI=1S/C19H24ClFN4O2S2/c20-13-10-18(29(26,27)25-19-22-8-9-28-19)14(21)11-17(13)24-16-7-2-1-6-15(16)23-12-4-3-5-12/h8-12,15-16,23-24H,1-7H2,(H,22,25)/t15-,16?/m0/s1. The number of hydrogen-bond donors (Lipinski definition) is 3. The summed E-state index contributed by atoms with van der Waals surface area (Å²) in [6, 6.07) is 3.35. The quantitative estimate of drug-likeness (QED) is 0.564. The normalized spacial score (nSPS) is 22.8. The van der Waals surface area contributed by atoms with Crippen molar-refractivity contribution in [1.29, 1.82) is 0 Å². The van der Waals surface area contributed by atoms with Gasteiger partial charge in [0.05, 0.1) is 10.7 Å². The highest BCUT2D eigenvalue weighted by atomic mass is 35.5. The average molecular weight is 459 g/mol. The summed E-state index contributed by atoms with van der Waals surface area (Å²) in [6.07, 6.45) is 9.46. The Labute approximate surface area is 179 Å². The molecule has 2 aliphatic rings. The molecule has 1 heterocycles. The first-order chi connectivity index (χ1) is 13.9. The van der Waals surface area contributed by atoms with Crippen LogP contribution in [0.1, 0.15) is 44.9 Å². The van der Waals surface area contributed by atoms with Crippen LogP contribution in [-0.4, -0.2) is 31.5 Å². The van der Waals surface area contributed by atoms with Crippen LogP contribution in [0.3, 0.4) is 0 Å². The number of aromatic nitrogens is 1. The molecule has 158 valence electrons. The second-order valence-electron chi connectivity index (χ2n) is 7.64. The summed E-state index contributed by atoms with van der Waals surface area (Å²) < 4.78 is 42.0. The zero-order chi connectivity index (χ0) is 20.4. The summed E-state index contributed by atoms with van der Waals surface area (Å²) in [5.41, 5.74) is 0.421. The van der Waals surface area contributed by atoms with Crippen molar-refractivity contribution in [2.24, 2.45) is 0 Å². The second kappa shape index (κ2) is 8.75. The molecule has 0 aliphatic heterocycles. The van der Waals surface area contributed by atoms with Gasteiger partial charge < -0.3 is 10.6 Å². The smallest absolute Gasteiger partial charge is 0.266 e. The number of rotatable bonds is 7. The van der Waals surface area contributed by atoms with Gasteiger partial charge in [-0.2, -0.15) is 0 Å². The molecule has 2 saturated carbocycles. The van der Waals surface area contributed by atoms with Crippen LogP contribution in [0.15, 0.2) is 28.6 Å². The van der Waals surface area contributed by atoms with Crippen LogP contribution in [0, 0.1) is 5.82 Å². The largest absolute Gasteiger partial charge is 0.379 e. The Morgan fingerprint density at radius 3 is 2.52 bits per heavy atom. The van der Waals surface area contributed by atoms with E-state index in [1.807, 2.05) is 0 Å². The average Bonchev–Trinajstić information content (AvgIpc) is 3.14. The zero-order valence-electron chi connectivity index (χ0n) is 15.8. The summed E-state index contributed by atoms with van der Waals surface area (Å²) in [7, 11) is -4.11. The molecule has 1 aromatic carbocycles. The summed E-state index contributed by atoms with van der Waals surface area (Å²) in [4.78, 5) is 3.38. The van der Waals surface area contributed by atoms with E-state index in [-0.39, 0.29) is 16.2 Å². The molecule has 2 atom stereocenters. The van der Waals surface area contributed by atoms with Gasteiger partial charge in [-0.15, -0.1) is 11.3 Å². The van der Waals surface area contributed by atoms with Crippen LogP contribution in [0.5, 0.6) is 0 Å². The van der Waals surface area contributed by atoms with E-state index in [0.717, 1.165) is 36.7 Å². The fraction of sp³-hybridized carbons (Fsp3) is 0.526. The minimum absolute atomic E-state index is 0.136. The Kier molecular flexibility index (Phi) is 6.29. The second-order valence-corrected chi connectivity index (χ2v) is 10.6. The topological polar surface area (TPSA) is 83.1 Å². The Morgan fingerprint density at radius 2 is 1.86 bits per heavy atom. The lowest BCUT2D eigenvalue weighted by molar-refractivity contribution is 0.253. The van der Waals surface area contributed by atoms with E-state index in [4.69, 9.17) is 11.6 Å². The van der Waals surface area contributed by atoms with E-state index in [1.54, 1.807) is 5.38 Å². The molecule has 6 nitrogen and oxygen atoms in total.